The summed E-state index contributed by atoms with van der Waals surface area (Å²) in [5.41, 5.74) is 1.27. The lowest BCUT2D eigenvalue weighted by Gasteiger charge is -2.08. The van der Waals surface area contributed by atoms with E-state index in [2.05, 4.69) is 0 Å². The Morgan fingerprint density at radius 2 is 2.24 bits per heavy atom. The van der Waals surface area contributed by atoms with Crippen LogP contribution in [0.5, 0.6) is 5.75 Å². The van der Waals surface area contributed by atoms with Crippen LogP contribution in [0.25, 0.3) is 0 Å². The van der Waals surface area contributed by atoms with E-state index in [0.717, 1.165) is 5.56 Å². The molecule has 1 N–H and O–H groups in total. The molecule has 0 aliphatic carbocycles. The Morgan fingerprint density at radius 3 is 2.76 bits per heavy atom. The lowest BCUT2D eigenvalue weighted by atomic mass is 10.1. The number of benzene rings is 1. The summed E-state index contributed by atoms with van der Waals surface area (Å²) in [5.74, 6) is -0.396. The van der Waals surface area contributed by atoms with Crippen LogP contribution in [0, 0.1) is 10.1 Å². The first-order chi connectivity index (χ1) is 8.02. The van der Waals surface area contributed by atoms with E-state index in [9.17, 15) is 14.9 Å². The monoisotopic (exact) mass is 239 g/mol. The maximum Gasteiger partial charge on any atom is 0.303 e. The van der Waals surface area contributed by atoms with Gasteiger partial charge >= 0.3 is 5.97 Å². The summed E-state index contributed by atoms with van der Waals surface area (Å²) >= 11 is 0. The second-order valence-corrected chi connectivity index (χ2v) is 3.53. The van der Waals surface area contributed by atoms with Crippen LogP contribution >= 0.6 is 0 Å². The molecule has 1 aromatic carbocycles. The minimum Gasteiger partial charge on any atom is -0.496 e. The van der Waals surface area contributed by atoms with Crippen LogP contribution in [0.4, 0.5) is 0 Å². The van der Waals surface area contributed by atoms with E-state index < -0.39 is 10.9 Å². The van der Waals surface area contributed by atoms with Crippen molar-refractivity contribution < 1.29 is 19.6 Å². The largest absolute Gasteiger partial charge is 0.496 e. The number of carboxylic acids is 1. The first kappa shape index (κ1) is 13.0. The van der Waals surface area contributed by atoms with Gasteiger partial charge in [-0.2, -0.15) is 0 Å². The molecule has 0 spiro atoms. The topological polar surface area (TPSA) is 89.7 Å². The second kappa shape index (κ2) is 5.83. The fourth-order valence-corrected chi connectivity index (χ4v) is 1.48. The third-order valence-electron chi connectivity index (χ3n) is 2.27. The Morgan fingerprint density at radius 1 is 1.53 bits per heavy atom. The summed E-state index contributed by atoms with van der Waals surface area (Å²) < 4.78 is 5.08. The van der Waals surface area contributed by atoms with Crippen LogP contribution in [0.1, 0.15) is 17.5 Å². The number of nitro groups is 1. The molecule has 0 bridgehead atoms. The number of rotatable bonds is 6. The van der Waals surface area contributed by atoms with Gasteiger partial charge in [-0.05, 0) is 18.1 Å². The van der Waals surface area contributed by atoms with Gasteiger partial charge < -0.3 is 9.84 Å². The Balaban J connectivity index is 2.85. The number of nitrogens with zero attached hydrogens (tertiary/aromatic N) is 1. The van der Waals surface area contributed by atoms with E-state index in [0.29, 0.717) is 17.7 Å². The quantitative estimate of drug-likeness (QED) is 0.600. The van der Waals surface area contributed by atoms with Crippen LogP contribution in [-0.4, -0.2) is 23.1 Å². The van der Waals surface area contributed by atoms with Crippen LogP contribution in [0.3, 0.4) is 0 Å². The van der Waals surface area contributed by atoms with Crippen molar-refractivity contribution in [3.05, 3.63) is 39.4 Å². The van der Waals surface area contributed by atoms with Crippen molar-refractivity contribution in [1.82, 2.24) is 0 Å². The third-order valence-corrected chi connectivity index (χ3v) is 2.27. The summed E-state index contributed by atoms with van der Waals surface area (Å²) in [6.07, 6.45) is 0.349. The minimum atomic E-state index is -0.888. The number of aryl methyl sites for hydroxylation is 1. The van der Waals surface area contributed by atoms with E-state index in [4.69, 9.17) is 9.84 Å². The molecule has 0 unspecified atom stereocenters. The average Bonchev–Trinajstić information content (AvgIpc) is 2.26. The smallest absolute Gasteiger partial charge is 0.303 e. The summed E-state index contributed by atoms with van der Waals surface area (Å²) in [6, 6.07) is 4.85. The summed E-state index contributed by atoms with van der Waals surface area (Å²) in [5, 5.41) is 18.9. The highest BCUT2D eigenvalue weighted by Gasteiger charge is 2.09. The third kappa shape index (κ3) is 4.10. The van der Waals surface area contributed by atoms with Gasteiger partial charge in [0.05, 0.1) is 7.11 Å². The highest BCUT2D eigenvalue weighted by molar-refractivity contribution is 5.67. The number of hydrogen-bond donors (Lipinski definition) is 1. The Bertz CT molecular complexity index is 430. The summed E-state index contributed by atoms with van der Waals surface area (Å²) in [4.78, 5) is 20.4. The zero-order chi connectivity index (χ0) is 12.8. The number of carbonyl (C=O) groups is 1. The van der Waals surface area contributed by atoms with Crippen molar-refractivity contribution in [2.24, 2.45) is 0 Å². The van der Waals surface area contributed by atoms with Gasteiger partial charge in [-0.25, -0.2) is 0 Å². The second-order valence-electron chi connectivity index (χ2n) is 3.53. The molecule has 92 valence electrons. The van der Waals surface area contributed by atoms with E-state index in [1.807, 2.05) is 0 Å². The average molecular weight is 239 g/mol. The molecule has 6 heteroatoms. The van der Waals surface area contributed by atoms with Gasteiger partial charge in [0, 0.05) is 16.9 Å². The minimum absolute atomic E-state index is 0.00490. The number of carboxylic acid groups (broad SMARTS) is 1. The normalized spacial score (nSPS) is 9.94. The molecule has 0 radical (unpaired) electrons. The summed E-state index contributed by atoms with van der Waals surface area (Å²) in [6.45, 7) is -0.268. The Kier molecular flexibility index (Phi) is 4.45. The number of hydrogen-bond acceptors (Lipinski definition) is 4. The van der Waals surface area contributed by atoms with Crippen molar-refractivity contribution in [1.29, 1.82) is 0 Å². The van der Waals surface area contributed by atoms with Gasteiger partial charge in [-0.1, -0.05) is 12.1 Å². The van der Waals surface area contributed by atoms with Crippen LogP contribution < -0.4 is 4.74 Å². The zero-order valence-electron chi connectivity index (χ0n) is 9.38. The van der Waals surface area contributed by atoms with Crippen molar-refractivity contribution in [2.45, 2.75) is 19.4 Å². The van der Waals surface area contributed by atoms with E-state index in [1.165, 1.54) is 7.11 Å². The van der Waals surface area contributed by atoms with Gasteiger partial charge in [0.15, 0.2) is 0 Å². The highest BCUT2D eigenvalue weighted by atomic mass is 16.6. The lowest BCUT2D eigenvalue weighted by molar-refractivity contribution is -0.496. The van der Waals surface area contributed by atoms with Gasteiger partial charge in [0.2, 0.25) is 6.54 Å². The van der Waals surface area contributed by atoms with Gasteiger partial charge in [-0.3, -0.25) is 14.9 Å². The Labute approximate surface area is 98.0 Å². The van der Waals surface area contributed by atoms with Crippen molar-refractivity contribution >= 4 is 5.97 Å². The summed E-state index contributed by atoms with van der Waals surface area (Å²) in [7, 11) is 1.45. The molecule has 0 fully saturated rings. The van der Waals surface area contributed by atoms with Crippen LogP contribution in [0.2, 0.25) is 0 Å². The molecule has 0 atom stereocenters. The molecule has 1 rings (SSSR count). The van der Waals surface area contributed by atoms with Crippen molar-refractivity contribution in [3.63, 3.8) is 0 Å². The van der Waals surface area contributed by atoms with Crippen molar-refractivity contribution in [3.8, 4) is 5.75 Å². The maximum absolute atomic E-state index is 10.5. The van der Waals surface area contributed by atoms with Crippen molar-refractivity contribution in [2.75, 3.05) is 7.11 Å². The fraction of sp³-hybridized carbons (Fsp3) is 0.364. The highest BCUT2D eigenvalue weighted by Crippen LogP contribution is 2.22. The molecular formula is C11H13NO5. The van der Waals surface area contributed by atoms with E-state index in [-0.39, 0.29) is 13.0 Å². The predicted octanol–water partition coefficient (Wildman–Crippen LogP) is 1.49. The van der Waals surface area contributed by atoms with Crippen LogP contribution in [-0.2, 0) is 17.8 Å². The van der Waals surface area contributed by atoms with E-state index >= 15 is 0 Å². The predicted molar refractivity (Wildman–Crippen MR) is 59.6 cm³/mol. The molecule has 0 aliphatic heterocycles. The first-order valence-electron chi connectivity index (χ1n) is 5.02. The molecule has 0 aliphatic rings. The van der Waals surface area contributed by atoms with Gasteiger partial charge in [0.25, 0.3) is 0 Å². The molecule has 6 nitrogen and oxygen atoms in total. The number of methoxy groups -OCH3 is 1. The molecule has 0 aromatic heterocycles. The zero-order valence-corrected chi connectivity index (χ0v) is 9.38. The van der Waals surface area contributed by atoms with E-state index in [1.54, 1.807) is 18.2 Å². The molecule has 0 saturated carbocycles. The lowest BCUT2D eigenvalue weighted by Crippen LogP contribution is -2.02. The molecule has 17 heavy (non-hydrogen) atoms. The number of aliphatic carboxylic acids is 1. The maximum atomic E-state index is 10.5. The van der Waals surface area contributed by atoms with Crippen LogP contribution in [0.15, 0.2) is 18.2 Å². The number of ether oxygens (including phenoxy) is 1. The Hall–Kier alpha value is -2.11. The molecule has 1 aromatic rings. The molecule has 0 saturated heterocycles. The SMILES string of the molecule is COc1cc(C[N+](=O)[O-])ccc1CCC(=O)O. The molecule has 0 heterocycles. The molecular weight excluding hydrogens is 226 g/mol. The first-order valence-corrected chi connectivity index (χ1v) is 5.02. The standard InChI is InChI=1S/C11H13NO5/c1-17-10-6-8(7-12(15)16)2-3-9(10)4-5-11(13)14/h2-3,6H,4-5,7H2,1H3,(H,13,14). The fourth-order valence-electron chi connectivity index (χ4n) is 1.48. The van der Waals surface area contributed by atoms with Gasteiger partial charge in [-0.15, -0.1) is 0 Å². The van der Waals surface area contributed by atoms with Gasteiger partial charge in [0.1, 0.15) is 5.75 Å². The molecule has 0 amide bonds.